The van der Waals surface area contributed by atoms with Crippen LogP contribution in [0.5, 0.6) is 11.5 Å². The first-order valence-electron chi connectivity index (χ1n) is 8.23. The van der Waals surface area contributed by atoms with E-state index in [-0.39, 0.29) is 24.0 Å². The maximum absolute atomic E-state index is 12.3. The number of aryl methyl sites for hydroxylation is 2. The first kappa shape index (κ1) is 19.2. The monoisotopic (exact) mass is 353 g/mol. The number of ketones is 1. The highest BCUT2D eigenvalue weighted by Gasteiger charge is 2.07. The topological polar surface area (TPSA) is 66.8 Å². The summed E-state index contributed by atoms with van der Waals surface area (Å²) in [6.07, 6.45) is 3.22. The highest BCUT2D eigenvalue weighted by molar-refractivity contribution is 6.06. The van der Waals surface area contributed by atoms with E-state index >= 15 is 0 Å². The molecule has 26 heavy (non-hydrogen) atoms. The van der Waals surface area contributed by atoms with Crippen LogP contribution >= 0.6 is 0 Å². The summed E-state index contributed by atoms with van der Waals surface area (Å²) in [4.78, 5) is 25.2. The fraction of sp³-hybridized carbons (Fsp3) is 0.238. The maximum Gasteiger partial charge on any atom is 0.259 e. The molecule has 0 aliphatic heterocycles. The van der Waals surface area contributed by atoms with Gasteiger partial charge in [-0.2, -0.15) is 0 Å². The number of allylic oxidation sites excluding steroid dienone is 1. The lowest BCUT2D eigenvalue weighted by Crippen LogP contribution is -2.27. The number of benzene rings is 2. The molecule has 0 heterocycles. The Morgan fingerprint density at radius 1 is 1.08 bits per heavy atom. The largest absolute Gasteiger partial charge is 0.507 e. The molecule has 0 aliphatic rings. The van der Waals surface area contributed by atoms with E-state index in [0.29, 0.717) is 11.3 Å². The minimum atomic E-state index is -0.135. The number of likely N-dealkylation sites (N-methyl/N-ethyl adjacent to an activating group) is 1. The van der Waals surface area contributed by atoms with Crippen molar-refractivity contribution in [3.05, 3.63) is 64.7 Å². The van der Waals surface area contributed by atoms with Crippen molar-refractivity contribution in [1.29, 1.82) is 0 Å². The van der Waals surface area contributed by atoms with Crippen LogP contribution in [0.1, 0.15) is 27.0 Å². The van der Waals surface area contributed by atoms with Gasteiger partial charge in [-0.05, 0) is 73.0 Å². The van der Waals surface area contributed by atoms with Crippen molar-refractivity contribution in [3.8, 4) is 11.5 Å². The van der Waals surface area contributed by atoms with Crippen molar-refractivity contribution in [1.82, 2.24) is 4.90 Å². The van der Waals surface area contributed by atoms with Crippen LogP contribution in [0.4, 0.5) is 0 Å². The smallest absolute Gasteiger partial charge is 0.259 e. The van der Waals surface area contributed by atoms with Gasteiger partial charge < -0.3 is 14.7 Å². The fourth-order valence-corrected chi connectivity index (χ4v) is 2.34. The van der Waals surface area contributed by atoms with Gasteiger partial charge in [-0.15, -0.1) is 0 Å². The third-order valence-electron chi connectivity index (χ3n) is 3.94. The Morgan fingerprint density at radius 3 is 2.19 bits per heavy atom. The fourth-order valence-electron chi connectivity index (χ4n) is 2.34. The van der Waals surface area contributed by atoms with Crippen molar-refractivity contribution < 1.29 is 19.4 Å². The predicted octanol–water partition coefficient (Wildman–Crippen LogP) is 3.37. The van der Waals surface area contributed by atoms with E-state index in [9.17, 15) is 14.7 Å². The van der Waals surface area contributed by atoms with E-state index in [4.69, 9.17) is 4.74 Å². The quantitative estimate of drug-likeness (QED) is 0.639. The Hall–Kier alpha value is -3.08. The number of amides is 1. The molecule has 136 valence electrons. The van der Waals surface area contributed by atoms with Crippen LogP contribution < -0.4 is 4.74 Å². The molecule has 5 nitrogen and oxygen atoms in total. The summed E-state index contributed by atoms with van der Waals surface area (Å²) >= 11 is 0. The number of nitrogens with zero attached hydrogens (tertiary/aromatic N) is 1. The third kappa shape index (κ3) is 4.96. The minimum absolute atomic E-state index is 0.0419. The Bertz CT molecular complexity index is 813. The van der Waals surface area contributed by atoms with Crippen LogP contribution in [0.3, 0.4) is 0 Å². The summed E-state index contributed by atoms with van der Waals surface area (Å²) in [6.45, 7) is 3.60. The van der Waals surface area contributed by atoms with Crippen molar-refractivity contribution >= 4 is 17.8 Å². The summed E-state index contributed by atoms with van der Waals surface area (Å²) in [5.41, 5.74) is 2.92. The van der Waals surface area contributed by atoms with Crippen LogP contribution in [-0.2, 0) is 4.79 Å². The molecule has 0 saturated carbocycles. The predicted molar refractivity (Wildman–Crippen MR) is 102 cm³/mol. The average Bonchev–Trinajstić information content (AvgIpc) is 2.62. The molecule has 5 heteroatoms. The zero-order valence-electron chi connectivity index (χ0n) is 15.4. The molecular weight excluding hydrogens is 330 g/mol. The van der Waals surface area contributed by atoms with Crippen molar-refractivity contribution in [3.63, 3.8) is 0 Å². The normalized spacial score (nSPS) is 10.8. The van der Waals surface area contributed by atoms with E-state index in [2.05, 4.69) is 0 Å². The Kier molecular flexibility index (Phi) is 6.17. The van der Waals surface area contributed by atoms with Gasteiger partial charge in [0.2, 0.25) is 0 Å². The second-order valence-corrected chi connectivity index (χ2v) is 6.30. The van der Waals surface area contributed by atoms with Gasteiger partial charge in [-0.3, -0.25) is 9.59 Å². The Labute approximate surface area is 153 Å². The third-order valence-corrected chi connectivity index (χ3v) is 3.94. The number of carbonyl (C=O) groups is 2. The van der Waals surface area contributed by atoms with Gasteiger partial charge in [0.25, 0.3) is 5.91 Å². The van der Waals surface area contributed by atoms with E-state index in [1.165, 1.54) is 11.0 Å². The van der Waals surface area contributed by atoms with Crippen LogP contribution in [0.15, 0.2) is 42.5 Å². The second kappa shape index (κ2) is 8.34. The van der Waals surface area contributed by atoms with Gasteiger partial charge in [-0.25, -0.2) is 0 Å². The zero-order valence-corrected chi connectivity index (χ0v) is 15.4. The molecule has 0 fully saturated rings. The Balaban J connectivity index is 2.02. The SMILES string of the molecule is Cc1cc(/C=C/C(=O)c2ccc(OCC(=O)N(C)C)cc2)cc(C)c1O. The molecule has 2 aromatic carbocycles. The summed E-state index contributed by atoms with van der Waals surface area (Å²) < 4.78 is 5.39. The lowest BCUT2D eigenvalue weighted by Gasteiger charge is -2.11. The molecule has 2 rings (SSSR count). The number of phenolic OH excluding ortho intramolecular Hbond substituents is 1. The molecule has 0 radical (unpaired) electrons. The van der Waals surface area contributed by atoms with Crippen molar-refractivity contribution in [2.75, 3.05) is 20.7 Å². The minimum Gasteiger partial charge on any atom is -0.507 e. The maximum atomic E-state index is 12.3. The molecule has 0 bridgehead atoms. The number of phenols is 1. The molecule has 0 atom stereocenters. The van der Waals surface area contributed by atoms with E-state index < -0.39 is 0 Å². The molecule has 1 amide bonds. The highest BCUT2D eigenvalue weighted by atomic mass is 16.5. The molecule has 0 aliphatic carbocycles. The molecule has 2 aromatic rings. The van der Waals surface area contributed by atoms with Crippen molar-refractivity contribution in [2.24, 2.45) is 0 Å². The number of carbonyl (C=O) groups excluding carboxylic acids is 2. The van der Waals surface area contributed by atoms with Crippen LogP contribution in [0.2, 0.25) is 0 Å². The summed E-state index contributed by atoms with van der Waals surface area (Å²) in [6, 6.07) is 10.3. The van der Waals surface area contributed by atoms with Crippen molar-refractivity contribution in [2.45, 2.75) is 13.8 Å². The first-order valence-corrected chi connectivity index (χ1v) is 8.23. The van der Waals surface area contributed by atoms with Crippen LogP contribution in [0.25, 0.3) is 6.08 Å². The summed E-state index contributed by atoms with van der Waals surface area (Å²) in [5.74, 6) is 0.541. The lowest BCUT2D eigenvalue weighted by molar-refractivity contribution is -0.130. The van der Waals surface area contributed by atoms with Crippen LogP contribution in [0, 0.1) is 13.8 Å². The van der Waals surface area contributed by atoms with Gasteiger partial charge in [0, 0.05) is 19.7 Å². The van der Waals surface area contributed by atoms with Gasteiger partial charge in [0.1, 0.15) is 11.5 Å². The van der Waals surface area contributed by atoms with Crippen LogP contribution in [-0.4, -0.2) is 42.4 Å². The van der Waals surface area contributed by atoms with E-state index in [1.807, 2.05) is 26.0 Å². The molecular formula is C21H23NO4. The first-order chi connectivity index (χ1) is 12.3. The zero-order chi connectivity index (χ0) is 19.3. The number of hydrogen-bond donors (Lipinski definition) is 1. The Morgan fingerprint density at radius 2 is 1.65 bits per heavy atom. The summed E-state index contributed by atoms with van der Waals surface area (Å²) in [7, 11) is 3.33. The van der Waals surface area contributed by atoms with Gasteiger partial charge in [0.15, 0.2) is 12.4 Å². The number of aromatic hydroxyl groups is 1. The second-order valence-electron chi connectivity index (χ2n) is 6.30. The van der Waals surface area contributed by atoms with E-state index in [1.54, 1.807) is 44.4 Å². The van der Waals surface area contributed by atoms with Gasteiger partial charge in [0.05, 0.1) is 0 Å². The van der Waals surface area contributed by atoms with Gasteiger partial charge >= 0.3 is 0 Å². The molecule has 0 spiro atoms. The summed E-state index contributed by atoms with van der Waals surface area (Å²) in [5, 5.41) is 9.79. The molecule has 1 N–H and O–H groups in total. The van der Waals surface area contributed by atoms with Gasteiger partial charge in [-0.1, -0.05) is 6.08 Å². The average molecular weight is 353 g/mol. The standard InChI is InChI=1S/C21H23NO4/c1-14-11-16(12-15(2)21(14)25)5-10-19(23)17-6-8-18(9-7-17)26-13-20(24)22(3)4/h5-12,25H,13H2,1-4H3/b10-5+. The number of hydrogen-bond acceptors (Lipinski definition) is 4. The highest BCUT2D eigenvalue weighted by Crippen LogP contribution is 2.23. The lowest BCUT2D eigenvalue weighted by atomic mass is 10.0. The number of rotatable bonds is 6. The van der Waals surface area contributed by atoms with E-state index in [0.717, 1.165) is 16.7 Å². The molecule has 0 saturated heterocycles. The molecule has 0 aromatic heterocycles. The molecule has 0 unspecified atom stereocenters. The number of ether oxygens (including phenoxy) is 1.